The SMILES string of the molecule is O=S(=O)(N=P(Oc1ccccc1)(Oc1ccccc1)Oc1ccccc1)c1ccccc1. The summed E-state index contributed by atoms with van der Waals surface area (Å²) in [5.41, 5.74) is 0. The van der Waals surface area contributed by atoms with Crippen molar-refractivity contribution in [1.29, 1.82) is 0 Å². The van der Waals surface area contributed by atoms with Crippen LogP contribution in [0.5, 0.6) is 17.2 Å². The first-order chi connectivity index (χ1) is 15.5. The topological polar surface area (TPSA) is 74.2 Å². The highest BCUT2D eigenvalue weighted by atomic mass is 32.2. The summed E-state index contributed by atoms with van der Waals surface area (Å²) in [5.74, 6) is 1.08. The fourth-order valence-corrected chi connectivity index (χ4v) is 6.33. The van der Waals surface area contributed by atoms with E-state index in [-0.39, 0.29) is 4.90 Å². The predicted octanol–water partition coefficient (Wildman–Crippen LogP) is 6.56. The van der Waals surface area contributed by atoms with E-state index in [2.05, 4.69) is 4.15 Å². The van der Waals surface area contributed by atoms with E-state index in [0.717, 1.165) is 0 Å². The number of sulfonamides is 1. The molecule has 0 unspecified atom stereocenters. The van der Waals surface area contributed by atoms with Gasteiger partial charge in [0.05, 0.1) is 4.90 Å². The Morgan fingerprint density at radius 1 is 0.500 bits per heavy atom. The monoisotopic (exact) mass is 465 g/mol. The minimum atomic E-state index is -4.18. The van der Waals surface area contributed by atoms with Crippen LogP contribution in [-0.2, 0) is 10.0 Å². The van der Waals surface area contributed by atoms with Crippen LogP contribution in [0.4, 0.5) is 0 Å². The van der Waals surface area contributed by atoms with Gasteiger partial charge in [-0.2, -0.15) is 8.42 Å². The Balaban J connectivity index is 1.90. The molecule has 8 heteroatoms. The average Bonchev–Trinajstić information content (AvgIpc) is 2.81. The Kier molecular flexibility index (Phi) is 6.59. The van der Waals surface area contributed by atoms with Gasteiger partial charge in [-0.15, -0.1) is 0 Å². The molecule has 4 aromatic carbocycles. The maximum Gasteiger partial charge on any atom is 0.539 e. The second-order valence-electron chi connectivity index (χ2n) is 6.55. The zero-order chi connectivity index (χ0) is 22.3. The molecule has 0 heterocycles. The number of hydrogen-bond donors (Lipinski definition) is 0. The summed E-state index contributed by atoms with van der Waals surface area (Å²) in [7, 11) is -8.09. The fourth-order valence-electron chi connectivity index (χ4n) is 2.72. The van der Waals surface area contributed by atoms with Crippen LogP contribution in [0.1, 0.15) is 0 Å². The van der Waals surface area contributed by atoms with Crippen molar-refractivity contribution >= 4 is 17.8 Å². The molecule has 0 saturated heterocycles. The number of nitrogens with zero attached hydrogens (tertiary/aromatic N) is 1. The Hall–Kier alpha value is -3.54. The van der Waals surface area contributed by atoms with Crippen molar-refractivity contribution in [3.63, 3.8) is 0 Å². The molecule has 162 valence electrons. The van der Waals surface area contributed by atoms with Gasteiger partial charge in [-0.05, 0) is 48.5 Å². The minimum Gasteiger partial charge on any atom is -0.401 e. The molecule has 0 atom stereocenters. The van der Waals surface area contributed by atoms with Crippen LogP contribution in [-0.4, -0.2) is 8.42 Å². The molecule has 0 radical (unpaired) electrons. The molecular weight excluding hydrogens is 445 g/mol. The molecule has 0 bridgehead atoms. The summed E-state index contributed by atoms with van der Waals surface area (Å²) in [6, 6.07) is 34.0. The number of para-hydroxylation sites is 3. The normalized spacial score (nSPS) is 11.4. The summed E-state index contributed by atoms with van der Waals surface area (Å²) in [4.78, 5) is 0.00867. The number of hydrogen-bond acceptors (Lipinski definition) is 5. The van der Waals surface area contributed by atoms with Gasteiger partial charge in [0.25, 0.3) is 10.0 Å². The van der Waals surface area contributed by atoms with E-state index >= 15 is 0 Å². The molecule has 0 saturated carbocycles. The van der Waals surface area contributed by atoms with Gasteiger partial charge in [0.1, 0.15) is 17.2 Å². The summed E-state index contributed by atoms with van der Waals surface area (Å²) in [5, 5.41) is 0. The van der Waals surface area contributed by atoms with E-state index in [4.69, 9.17) is 13.6 Å². The maximum atomic E-state index is 13.2. The molecule has 0 amide bonds. The summed E-state index contributed by atoms with van der Waals surface area (Å²) < 4.78 is 48.9. The zero-order valence-corrected chi connectivity index (χ0v) is 18.6. The van der Waals surface area contributed by atoms with Crippen molar-refractivity contribution in [2.24, 2.45) is 4.15 Å². The number of rotatable bonds is 8. The highest BCUT2D eigenvalue weighted by Crippen LogP contribution is 2.54. The van der Waals surface area contributed by atoms with E-state index in [9.17, 15) is 8.42 Å². The molecular formula is C24H20NO5PS. The fraction of sp³-hybridized carbons (Fsp3) is 0. The maximum absolute atomic E-state index is 13.2. The first-order valence-electron chi connectivity index (χ1n) is 9.72. The molecule has 0 N–H and O–H groups in total. The predicted molar refractivity (Wildman–Crippen MR) is 124 cm³/mol. The smallest absolute Gasteiger partial charge is 0.401 e. The van der Waals surface area contributed by atoms with Crippen LogP contribution in [0.2, 0.25) is 0 Å². The molecule has 0 aliphatic rings. The summed E-state index contributed by atoms with van der Waals surface area (Å²) >= 11 is 0. The molecule has 0 aromatic heterocycles. The zero-order valence-electron chi connectivity index (χ0n) is 16.9. The highest BCUT2D eigenvalue weighted by Gasteiger charge is 2.35. The van der Waals surface area contributed by atoms with E-state index in [0.29, 0.717) is 17.2 Å². The second-order valence-corrected chi connectivity index (χ2v) is 10.1. The van der Waals surface area contributed by atoms with Crippen LogP contribution in [0, 0.1) is 0 Å². The van der Waals surface area contributed by atoms with Crippen molar-refractivity contribution in [1.82, 2.24) is 0 Å². The van der Waals surface area contributed by atoms with Crippen molar-refractivity contribution in [3.8, 4) is 17.2 Å². The molecule has 4 aromatic rings. The molecule has 4 rings (SSSR count). The van der Waals surface area contributed by atoms with Gasteiger partial charge in [-0.3, -0.25) is 0 Å². The van der Waals surface area contributed by atoms with Gasteiger partial charge in [0.2, 0.25) is 0 Å². The van der Waals surface area contributed by atoms with Crippen molar-refractivity contribution < 1.29 is 22.0 Å². The standard InChI is InChI=1S/C24H20NO5PS/c26-32(27,24-19-11-4-12-20-24)25-31(28-21-13-5-1-6-14-21,29-22-15-7-2-8-16-22)30-23-17-9-3-10-18-23/h1-20H. The Labute approximate surface area is 187 Å². The summed E-state index contributed by atoms with van der Waals surface area (Å²) in [6.45, 7) is 0. The van der Waals surface area contributed by atoms with Crippen LogP contribution in [0.15, 0.2) is 130 Å². The molecule has 0 fully saturated rings. The first kappa shape index (κ1) is 21.7. The van der Waals surface area contributed by atoms with Gasteiger partial charge in [0, 0.05) is 0 Å². The molecule has 0 aliphatic heterocycles. The Morgan fingerprint density at radius 3 is 1.16 bits per heavy atom. The lowest BCUT2D eigenvalue weighted by Gasteiger charge is -2.24. The largest absolute Gasteiger partial charge is 0.539 e. The van der Waals surface area contributed by atoms with Gasteiger partial charge in [-0.25, -0.2) is 0 Å². The molecule has 6 nitrogen and oxygen atoms in total. The Morgan fingerprint density at radius 2 is 0.812 bits per heavy atom. The first-order valence-corrected chi connectivity index (χ1v) is 12.7. The molecule has 0 spiro atoms. The lowest BCUT2D eigenvalue weighted by atomic mass is 10.3. The molecule has 32 heavy (non-hydrogen) atoms. The van der Waals surface area contributed by atoms with E-state index in [1.165, 1.54) is 12.1 Å². The quantitative estimate of drug-likeness (QED) is 0.276. The average molecular weight is 465 g/mol. The van der Waals surface area contributed by atoms with Crippen LogP contribution in [0.25, 0.3) is 0 Å². The third-order valence-electron chi connectivity index (χ3n) is 4.14. The third kappa shape index (κ3) is 5.58. The highest BCUT2D eigenvalue weighted by molar-refractivity contribution is 7.93. The van der Waals surface area contributed by atoms with Crippen molar-refractivity contribution in [2.45, 2.75) is 4.90 Å². The summed E-state index contributed by atoms with van der Waals surface area (Å²) in [6.07, 6.45) is 0. The van der Waals surface area contributed by atoms with Gasteiger partial charge < -0.3 is 13.6 Å². The minimum absolute atomic E-state index is 0.00867. The number of benzene rings is 4. The van der Waals surface area contributed by atoms with Crippen LogP contribution in [0.3, 0.4) is 0 Å². The lowest BCUT2D eigenvalue weighted by Crippen LogP contribution is -2.11. The van der Waals surface area contributed by atoms with Gasteiger partial charge in [-0.1, -0.05) is 76.9 Å². The second kappa shape index (κ2) is 9.73. The van der Waals surface area contributed by atoms with Crippen LogP contribution >= 0.6 is 7.74 Å². The van der Waals surface area contributed by atoms with Crippen molar-refractivity contribution in [3.05, 3.63) is 121 Å². The van der Waals surface area contributed by atoms with Crippen molar-refractivity contribution in [2.75, 3.05) is 0 Å². The van der Waals surface area contributed by atoms with E-state index in [1.54, 1.807) is 91.0 Å². The van der Waals surface area contributed by atoms with Gasteiger partial charge in [0.15, 0.2) is 0 Å². The third-order valence-corrected chi connectivity index (χ3v) is 7.99. The van der Waals surface area contributed by atoms with E-state index < -0.39 is 17.8 Å². The van der Waals surface area contributed by atoms with E-state index in [1.807, 2.05) is 18.2 Å². The van der Waals surface area contributed by atoms with Gasteiger partial charge >= 0.3 is 7.74 Å². The lowest BCUT2D eigenvalue weighted by molar-refractivity contribution is 0.372. The molecule has 0 aliphatic carbocycles. The Bertz CT molecular complexity index is 1190. The van der Waals surface area contributed by atoms with Crippen LogP contribution < -0.4 is 13.6 Å².